The van der Waals surface area contributed by atoms with Gasteiger partial charge < -0.3 is 10.3 Å². The fourth-order valence-electron chi connectivity index (χ4n) is 2.58. The van der Waals surface area contributed by atoms with Crippen LogP contribution in [0.5, 0.6) is 0 Å². The number of fused-ring (bicyclic) bond motifs is 1. The van der Waals surface area contributed by atoms with Crippen LogP contribution in [0.25, 0.3) is 0 Å². The zero-order valence-corrected chi connectivity index (χ0v) is 8.60. The first kappa shape index (κ1) is 8.54. The second kappa shape index (κ2) is 3.43. The lowest BCUT2D eigenvalue weighted by atomic mass is 9.96. The van der Waals surface area contributed by atoms with E-state index in [0.29, 0.717) is 0 Å². The number of aromatic nitrogens is 1. The maximum atomic E-state index is 3.60. The summed E-state index contributed by atoms with van der Waals surface area (Å²) in [6.45, 7) is 2.42. The number of hydrogen-bond donors (Lipinski definition) is 2. The van der Waals surface area contributed by atoms with E-state index >= 15 is 0 Å². The third-order valence-electron chi connectivity index (χ3n) is 3.55. The number of aryl methyl sites for hydroxylation is 2. The molecular formula is C12H18N2. The first-order valence-corrected chi connectivity index (χ1v) is 5.82. The van der Waals surface area contributed by atoms with E-state index in [1.807, 2.05) is 0 Å². The first-order chi connectivity index (χ1) is 6.92. The van der Waals surface area contributed by atoms with Crippen molar-refractivity contribution in [3.8, 4) is 0 Å². The molecule has 3 rings (SSSR count). The minimum atomic E-state index is 0.884. The molecule has 2 nitrogen and oxygen atoms in total. The minimum Gasteiger partial charge on any atom is -0.362 e. The van der Waals surface area contributed by atoms with E-state index in [0.717, 1.165) is 5.92 Å². The van der Waals surface area contributed by atoms with Crippen LogP contribution in [0.2, 0.25) is 0 Å². The number of hydrogen-bond acceptors (Lipinski definition) is 1. The molecule has 0 saturated carbocycles. The Morgan fingerprint density at radius 3 is 2.79 bits per heavy atom. The molecule has 0 spiro atoms. The summed E-state index contributed by atoms with van der Waals surface area (Å²) in [7, 11) is 0. The molecule has 1 aromatic rings. The normalized spacial score (nSPS) is 21.7. The first-order valence-electron chi connectivity index (χ1n) is 5.82. The second-order valence-corrected chi connectivity index (χ2v) is 4.73. The van der Waals surface area contributed by atoms with Crippen LogP contribution in [0.4, 0.5) is 0 Å². The highest BCUT2D eigenvalue weighted by Crippen LogP contribution is 2.23. The Balaban J connectivity index is 1.74. The van der Waals surface area contributed by atoms with Crippen molar-refractivity contribution in [1.29, 1.82) is 0 Å². The van der Waals surface area contributed by atoms with Gasteiger partial charge in [-0.2, -0.15) is 0 Å². The number of H-pyrrole nitrogens is 1. The van der Waals surface area contributed by atoms with Gasteiger partial charge in [0.25, 0.3) is 0 Å². The molecule has 2 heterocycles. The second-order valence-electron chi connectivity index (χ2n) is 4.73. The molecule has 0 aromatic carbocycles. The molecule has 0 atom stereocenters. The average Bonchev–Trinajstić information content (AvgIpc) is 2.53. The van der Waals surface area contributed by atoms with Crippen LogP contribution < -0.4 is 5.32 Å². The summed E-state index contributed by atoms with van der Waals surface area (Å²) >= 11 is 0. The number of nitrogens with one attached hydrogen (secondary N) is 2. The molecule has 14 heavy (non-hydrogen) atoms. The van der Waals surface area contributed by atoms with Gasteiger partial charge in [0.1, 0.15) is 0 Å². The Kier molecular flexibility index (Phi) is 2.09. The predicted molar refractivity (Wildman–Crippen MR) is 57.5 cm³/mol. The summed E-state index contributed by atoms with van der Waals surface area (Å²) in [6, 6.07) is 2.41. The molecule has 0 amide bonds. The molecule has 2 N–H and O–H groups in total. The zero-order chi connectivity index (χ0) is 9.38. The van der Waals surface area contributed by atoms with Crippen molar-refractivity contribution < 1.29 is 0 Å². The van der Waals surface area contributed by atoms with E-state index in [1.54, 1.807) is 5.56 Å². The van der Waals surface area contributed by atoms with Crippen LogP contribution in [-0.2, 0) is 19.3 Å². The van der Waals surface area contributed by atoms with Gasteiger partial charge in [0.15, 0.2) is 0 Å². The molecule has 1 fully saturated rings. The van der Waals surface area contributed by atoms with Crippen molar-refractivity contribution in [2.24, 2.45) is 5.92 Å². The molecule has 0 bridgehead atoms. The molecule has 1 aromatic heterocycles. The van der Waals surface area contributed by atoms with Gasteiger partial charge in [0.2, 0.25) is 0 Å². The monoisotopic (exact) mass is 190 g/mol. The molecular weight excluding hydrogens is 172 g/mol. The average molecular weight is 190 g/mol. The smallest absolute Gasteiger partial charge is 0.0181 e. The van der Waals surface area contributed by atoms with Crippen LogP contribution in [0.3, 0.4) is 0 Å². The predicted octanol–water partition coefficient (Wildman–Crippen LogP) is 1.66. The van der Waals surface area contributed by atoms with Crippen molar-refractivity contribution >= 4 is 0 Å². The van der Waals surface area contributed by atoms with Gasteiger partial charge in [0.05, 0.1) is 0 Å². The Morgan fingerprint density at radius 1 is 1.21 bits per heavy atom. The van der Waals surface area contributed by atoms with Crippen LogP contribution in [0.15, 0.2) is 6.07 Å². The summed E-state index contributed by atoms with van der Waals surface area (Å²) in [6.07, 6.45) is 6.58. The highest BCUT2D eigenvalue weighted by molar-refractivity contribution is 5.28. The molecule has 2 heteroatoms. The minimum absolute atomic E-state index is 0.884. The molecule has 76 valence electrons. The molecule has 1 aliphatic heterocycles. The van der Waals surface area contributed by atoms with E-state index < -0.39 is 0 Å². The summed E-state index contributed by atoms with van der Waals surface area (Å²) < 4.78 is 0. The summed E-state index contributed by atoms with van der Waals surface area (Å²) in [5, 5.41) is 3.33. The fraction of sp³-hybridized carbons (Fsp3) is 0.667. The summed E-state index contributed by atoms with van der Waals surface area (Å²) in [5.74, 6) is 0.884. The summed E-state index contributed by atoms with van der Waals surface area (Å²) in [4.78, 5) is 3.60. The van der Waals surface area contributed by atoms with Crippen molar-refractivity contribution in [3.63, 3.8) is 0 Å². The van der Waals surface area contributed by atoms with E-state index in [1.165, 1.54) is 56.6 Å². The van der Waals surface area contributed by atoms with Gasteiger partial charge in [-0.3, -0.25) is 0 Å². The number of aromatic amines is 1. The lowest BCUT2D eigenvalue weighted by Crippen LogP contribution is -2.43. The van der Waals surface area contributed by atoms with Gasteiger partial charge in [-0.15, -0.1) is 0 Å². The Morgan fingerprint density at radius 2 is 2.07 bits per heavy atom. The topological polar surface area (TPSA) is 27.8 Å². The van der Waals surface area contributed by atoms with Crippen LogP contribution in [0, 0.1) is 5.92 Å². The lowest BCUT2D eigenvalue weighted by Gasteiger charge is -2.26. The maximum absolute atomic E-state index is 3.60. The van der Waals surface area contributed by atoms with Gasteiger partial charge in [-0.25, -0.2) is 0 Å². The largest absolute Gasteiger partial charge is 0.362 e. The van der Waals surface area contributed by atoms with Crippen molar-refractivity contribution in [2.45, 2.75) is 32.1 Å². The van der Waals surface area contributed by atoms with Crippen molar-refractivity contribution in [1.82, 2.24) is 10.3 Å². The Bertz CT molecular complexity index is 300. The van der Waals surface area contributed by atoms with Crippen LogP contribution in [-0.4, -0.2) is 18.1 Å². The van der Waals surface area contributed by atoms with Crippen LogP contribution >= 0.6 is 0 Å². The van der Waals surface area contributed by atoms with E-state index in [9.17, 15) is 0 Å². The van der Waals surface area contributed by atoms with E-state index in [2.05, 4.69) is 16.4 Å². The zero-order valence-electron chi connectivity index (χ0n) is 8.60. The van der Waals surface area contributed by atoms with E-state index in [4.69, 9.17) is 0 Å². The molecule has 0 radical (unpaired) electrons. The van der Waals surface area contributed by atoms with Gasteiger partial charge >= 0.3 is 0 Å². The van der Waals surface area contributed by atoms with Crippen molar-refractivity contribution in [3.05, 3.63) is 23.0 Å². The number of rotatable bonds is 2. The Labute approximate surface area is 85.1 Å². The molecule has 0 unspecified atom stereocenters. The fourth-order valence-corrected chi connectivity index (χ4v) is 2.58. The standard InChI is InChI=1S/C12H18N2/c1-2-4-12-10(3-1)6-11(14-12)5-9-7-13-8-9/h6,9,13-14H,1-5,7-8H2. The third-order valence-corrected chi connectivity index (χ3v) is 3.55. The molecule has 1 aliphatic carbocycles. The van der Waals surface area contributed by atoms with Gasteiger partial charge in [0, 0.05) is 11.4 Å². The van der Waals surface area contributed by atoms with Gasteiger partial charge in [-0.05, 0) is 62.7 Å². The quantitative estimate of drug-likeness (QED) is 0.729. The van der Waals surface area contributed by atoms with E-state index in [-0.39, 0.29) is 0 Å². The van der Waals surface area contributed by atoms with Gasteiger partial charge in [-0.1, -0.05) is 0 Å². The highest BCUT2D eigenvalue weighted by atomic mass is 14.9. The Hall–Kier alpha value is -0.760. The lowest BCUT2D eigenvalue weighted by molar-refractivity contribution is 0.344. The van der Waals surface area contributed by atoms with Crippen molar-refractivity contribution in [2.75, 3.05) is 13.1 Å². The molecule has 2 aliphatic rings. The van der Waals surface area contributed by atoms with Crippen LogP contribution in [0.1, 0.15) is 29.8 Å². The molecule has 1 saturated heterocycles. The summed E-state index contributed by atoms with van der Waals surface area (Å²) in [5.41, 5.74) is 4.60. The third kappa shape index (κ3) is 1.48. The SMILES string of the molecule is c1c(CC2CNC2)[nH]c2c1CCCC2. The highest BCUT2D eigenvalue weighted by Gasteiger charge is 2.19. The maximum Gasteiger partial charge on any atom is 0.0181 e.